The van der Waals surface area contributed by atoms with Crippen LogP contribution in [0.15, 0.2) is 54.7 Å². The smallest absolute Gasteiger partial charge is 0.408 e. The Labute approximate surface area is 203 Å². The lowest BCUT2D eigenvalue weighted by Gasteiger charge is -2.27. The summed E-state index contributed by atoms with van der Waals surface area (Å²) >= 11 is 0. The molecule has 0 unspecified atom stereocenters. The number of aromatic nitrogens is 2. The number of carbonyl (C=O) groups is 2. The van der Waals surface area contributed by atoms with E-state index in [4.69, 9.17) is 10.5 Å². The summed E-state index contributed by atoms with van der Waals surface area (Å²) < 4.78 is 18.8. The molecule has 0 fully saturated rings. The molecule has 4 rings (SSSR count). The quantitative estimate of drug-likeness (QED) is 0.577. The molecule has 1 aliphatic heterocycles. The molecule has 0 aliphatic carbocycles. The maximum atomic E-state index is 13.6. The van der Waals surface area contributed by atoms with Crippen molar-refractivity contribution in [3.05, 3.63) is 71.7 Å². The van der Waals surface area contributed by atoms with Crippen LogP contribution in [0.2, 0.25) is 0 Å². The topological polar surface area (TPSA) is 110 Å². The average Bonchev–Trinajstić information content (AvgIpc) is 3.21. The van der Waals surface area contributed by atoms with Crippen LogP contribution in [-0.2, 0) is 22.4 Å². The predicted molar refractivity (Wildman–Crippen MR) is 131 cm³/mol. The Balaban J connectivity index is 1.58. The third-order valence-corrected chi connectivity index (χ3v) is 5.55. The zero-order chi connectivity index (χ0) is 25.2. The van der Waals surface area contributed by atoms with E-state index in [0.29, 0.717) is 18.7 Å². The van der Waals surface area contributed by atoms with E-state index in [1.807, 2.05) is 18.2 Å². The number of ether oxygens (including phenoxy) is 1. The highest BCUT2D eigenvalue weighted by molar-refractivity contribution is 6.00. The van der Waals surface area contributed by atoms with E-state index < -0.39 is 17.7 Å². The summed E-state index contributed by atoms with van der Waals surface area (Å²) in [6.45, 7) is 5.73. The van der Waals surface area contributed by atoms with Crippen molar-refractivity contribution in [1.82, 2.24) is 15.3 Å². The maximum Gasteiger partial charge on any atom is 0.408 e. The summed E-state index contributed by atoms with van der Waals surface area (Å²) in [5.41, 5.74) is 9.06. The molecule has 0 saturated heterocycles. The van der Waals surface area contributed by atoms with Crippen LogP contribution in [0.4, 0.5) is 20.8 Å². The molecule has 3 N–H and O–H groups in total. The fourth-order valence-electron chi connectivity index (χ4n) is 4.02. The lowest BCUT2D eigenvalue weighted by molar-refractivity contribution is -0.120. The highest BCUT2D eigenvalue weighted by Crippen LogP contribution is 2.32. The Bertz CT molecular complexity index is 1240. The monoisotopic (exact) mass is 477 g/mol. The molecule has 182 valence electrons. The lowest BCUT2D eigenvalue weighted by Crippen LogP contribution is -2.50. The Morgan fingerprint density at radius 2 is 1.91 bits per heavy atom. The van der Waals surface area contributed by atoms with Gasteiger partial charge in [-0.15, -0.1) is 0 Å². The standard InChI is InChI=1S/C26H28FN5O3/c1-26(2,3)35-25(34)31-21(14-16-4-7-19(27)8-5-16)23(33)32-13-11-18-15-17(6-9-22(18)32)20-10-12-29-24(28)30-20/h4-10,12,15,21H,11,13-14H2,1-3H3,(H,31,34)(H2,28,29,30)/t21-/m0/s1. The number of hydrogen-bond donors (Lipinski definition) is 2. The first-order chi connectivity index (χ1) is 16.6. The van der Waals surface area contributed by atoms with Crippen LogP contribution >= 0.6 is 0 Å². The second-order valence-corrected chi connectivity index (χ2v) is 9.41. The lowest BCUT2D eigenvalue weighted by atomic mass is 10.0. The number of nitrogen functional groups attached to an aromatic ring is 1. The van der Waals surface area contributed by atoms with E-state index in [-0.39, 0.29) is 24.1 Å². The Kier molecular flexibility index (Phi) is 6.68. The second-order valence-electron chi connectivity index (χ2n) is 9.41. The van der Waals surface area contributed by atoms with Gasteiger partial charge in [0, 0.05) is 30.4 Å². The Hall–Kier alpha value is -4.01. The molecular formula is C26H28FN5O3. The van der Waals surface area contributed by atoms with Gasteiger partial charge in [0.25, 0.3) is 0 Å². The van der Waals surface area contributed by atoms with Crippen molar-refractivity contribution in [2.75, 3.05) is 17.2 Å². The van der Waals surface area contributed by atoms with Gasteiger partial charge in [0.05, 0.1) is 5.69 Å². The van der Waals surface area contributed by atoms with Gasteiger partial charge in [0.15, 0.2) is 0 Å². The van der Waals surface area contributed by atoms with E-state index >= 15 is 0 Å². The van der Waals surface area contributed by atoms with Crippen molar-refractivity contribution in [2.45, 2.75) is 45.3 Å². The summed E-state index contributed by atoms with van der Waals surface area (Å²) in [6, 6.07) is 12.5. The first-order valence-electron chi connectivity index (χ1n) is 11.4. The number of carbonyl (C=O) groups excluding carboxylic acids is 2. The van der Waals surface area contributed by atoms with Gasteiger partial charge in [-0.25, -0.2) is 19.2 Å². The van der Waals surface area contributed by atoms with Crippen LogP contribution < -0.4 is 16.0 Å². The number of nitrogens with one attached hydrogen (secondary N) is 1. The highest BCUT2D eigenvalue weighted by atomic mass is 19.1. The largest absolute Gasteiger partial charge is 0.444 e. The van der Waals surface area contributed by atoms with Gasteiger partial charge < -0.3 is 20.7 Å². The SMILES string of the molecule is CC(C)(C)OC(=O)N[C@@H](Cc1ccc(F)cc1)C(=O)N1CCc2cc(-c3ccnc(N)n3)ccc21. The number of halogens is 1. The molecule has 0 spiro atoms. The number of amides is 2. The summed E-state index contributed by atoms with van der Waals surface area (Å²) in [4.78, 5) is 36.0. The second kappa shape index (κ2) is 9.69. The van der Waals surface area contributed by atoms with E-state index in [2.05, 4.69) is 15.3 Å². The zero-order valence-electron chi connectivity index (χ0n) is 19.9. The summed E-state index contributed by atoms with van der Waals surface area (Å²) in [7, 11) is 0. The van der Waals surface area contributed by atoms with E-state index in [1.165, 1.54) is 12.1 Å². The highest BCUT2D eigenvalue weighted by Gasteiger charge is 2.32. The molecule has 3 aromatic rings. The van der Waals surface area contributed by atoms with Crippen molar-refractivity contribution in [1.29, 1.82) is 0 Å². The molecule has 0 radical (unpaired) electrons. The summed E-state index contributed by atoms with van der Waals surface area (Å²) in [5, 5.41) is 2.71. The maximum absolute atomic E-state index is 13.6. The third-order valence-electron chi connectivity index (χ3n) is 5.55. The number of fused-ring (bicyclic) bond motifs is 1. The van der Waals surface area contributed by atoms with E-state index in [1.54, 1.807) is 50.1 Å². The van der Waals surface area contributed by atoms with Crippen molar-refractivity contribution in [2.24, 2.45) is 0 Å². The first-order valence-corrected chi connectivity index (χ1v) is 11.4. The minimum atomic E-state index is -0.886. The van der Waals surface area contributed by atoms with Crippen LogP contribution in [0.5, 0.6) is 0 Å². The summed E-state index contributed by atoms with van der Waals surface area (Å²) in [6.07, 6.45) is 1.77. The Morgan fingerprint density at radius 3 is 2.60 bits per heavy atom. The molecule has 35 heavy (non-hydrogen) atoms. The van der Waals surface area contributed by atoms with Crippen LogP contribution in [0.1, 0.15) is 31.9 Å². The molecule has 1 atom stereocenters. The summed E-state index contributed by atoms with van der Waals surface area (Å²) in [5.74, 6) is -0.443. The predicted octanol–water partition coefficient (Wildman–Crippen LogP) is 3.89. The van der Waals surface area contributed by atoms with Crippen LogP contribution in [0, 0.1) is 5.82 Å². The average molecular weight is 478 g/mol. The number of nitrogens with two attached hydrogens (primary N) is 1. The number of benzene rings is 2. The van der Waals surface area contributed by atoms with Crippen LogP contribution in [-0.4, -0.2) is 40.2 Å². The molecule has 9 heteroatoms. The van der Waals surface area contributed by atoms with Crippen molar-refractivity contribution >= 4 is 23.6 Å². The van der Waals surface area contributed by atoms with E-state index in [0.717, 1.165) is 22.4 Å². The molecule has 2 heterocycles. The van der Waals surface area contributed by atoms with Gasteiger partial charge in [0.2, 0.25) is 11.9 Å². The fourth-order valence-corrected chi connectivity index (χ4v) is 4.02. The molecule has 0 bridgehead atoms. The van der Waals surface area contributed by atoms with Crippen molar-refractivity contribution in [3.8, 4) is 11.3 Å². The number of nitrogens with zero attached hydrogens (tertiary/aromatic N) is 3. The Morgan fingerprint density at radius 1 is 1.17 bits per heavy atom. The molecule has 0 saturated carbocycles. The minimum Gasteiger partial charge on any atom is -0.444 e. The molecule has 1 aliphatic rings. The van der Waals surface area contributed by atoms with Crippen molar-refractivity contribution in [3.63, 3.8) is 0 Å². The molecule has 2 aromatic carbocycles. The van der Waals surface area contributed by atoms with Gasteiger partial charge in [0.1, 0.15) is 17.5 Å². The number of anilines is 2. The van der Waals surface area contributed by atoms with Crippen LogP contribution in [0.25, 0.3) is 11.3 Å². The molecule has 2 amide bonds. The fraction of sp³-hybridized carbons (Fsp3) is 0.308. The van der Waals surface area contributed by atoms with Gasteiger partial charge in [-0.05, 0) is 68.7 Å². The van der Waals surface area contributed by atoms with Gasteiger partial charge in [-0.3, -0.25) is 4.79 Å². The van der Waals surface area contributed by atoms with Crippen molar-refractivity contribution < 1.29 is 18.7 Å². The minimum absolute atomic E-state index is 0.191. The van der Waals surface area contributed by atoms with E-state index in [9.17, 15) is 14.0 Å². The number of hydrogen-bond acceptors (Lipinski definition) is 6. The number of alkyl carbamates (subject to hydrolysis) is 1. The molecular weight excluding hydrogens is 449 g/mol. The molecule has 8 nitrogen and oxygen atoms in total. The van der Waals surface area contributed by atoms with Gasteiger partial charge in [-0.2, -0.15) is 0 Å². The van der Waals surface area contributed by atoms with Gasteiger partial charge in [-0.1, -0.05) is 18.2 Å². The first kappa shape index (κ1) is 24.1. The van der Waals surface area contributed by atoms with Crippen LogP contribution in [0.3, 0.4) is 0 Å². The normalized spacial score (nSPS) is 13.8. The zero-order valence-corrected chi connectivity index (χ0v) is 19.9. The van der Waals surface area contributed by atoms with Gasteiger partial charge >= 0.3 is 6.09 Å². The third kappa shape index (κ3) is 5.92. The molecule has 1 aromatic heterocycles. The number of rotatable bonds is 5.